The number of hydrogen-bond acceptors (Lipinski definition) is 6. The van der Waals surface area contributed by atoms with E-state index in [0.717, 1.165) is 59.7 Å². The second-order valence-electron chi connectivity index (χ2n) is 8.58. The smallest absolute Gasteiger partial charge is 0.222 e. The Hall–Kier alpha value is -4.01. The molecule has 4 aromatic rings. The SMILES string of the molecule is Cn1cc(-c2cccc(-c3ncc(-c4ccn(C)n4)c(NCCCN4CCCC4=O)n3)c2)cn1. The third kappa shape index (κ3) is 4.68. The number of nitrogens with one attached hydrogen (secondary N) is 1. The number of benzene rings is 1. The van der Waals surface area contributed by atoms with Crippen LogP contribution < -0.4 is 5.32 Å². The highest BCUT2D eigenvalue weighted by Gasteiger charge is 2.19. The standard InChI is InChI=1S/C25H28N8O/c1-31-13-9-22(30-31)21-16-27-24(19-7-3-6-18(14-19)20-15-28-32(2)17-20)29-25(21)26-10-5-12-33-11-4-8-23(33)34/h3,6-7,9,13-17H,4-5,8,10-12H2,1-2H3,(H,26,27,29). The zero-order valence-electron chi connectivity index (χ0n) is 19.5. The van der Waals surface area contributed by atoms with E-state index in [0.29, 0.717) is 18.8 Å². The van der Waals surface area contributed by atoms with Crippen LogP contribution >= 0.6 is 0 Å². The number of carbonyl (C=O) groups is 1. The van der Waals surface area contributed by atoms with Crippen LogP contribution in [-0.4, -0.2) is 60.0 Å². The summed E-state index contributed by atoms with van der Waals surface area (Å²) >= 11 is 0. The minimum Gasteiger partial charge on any atom is -0.369 e. The van der Waals surface area contributed by atoms with E-state index in [1.54, 1.807) is 9.36 Å². The number of likely N-dealkylation sites (tertiary alicyclic amines) is 1. The van der Waals surface area contributed by atoms with Gasteiger partial charge in [-0.15, -0.1) is 0 Å². The first-order valence-electron chi connectivity index (χ1n) is 11.5. The molecule has 174 valence electrons. The number of aryl methyl sites for hydroxylation is 2. The summed E-state index contributed by atoms with van der Waals surface area (Å²) in [6.45, 7) is 2.33. The summed E-state index contributed by atoms with van der Waals surface area (Å²) in [5.74, 6) is 1.64. The fourth-order valence-corrected chi connectivity index (χ4v) is 4.23. The van der Waals surface area contributed by atoms with Gasteiger partial charge in [0, 0.05) is 69.9 Å². The van der Waals surface area contributed by atoms with E-state index in [1.165, 1.54) is 0 Å². The van der Waals surface area contributed by atoms with Gasteiger partial charge in [0.05, 0.1) is 17.5 Å². The van der Waals surface area contributed by atoms with E-state index in [9.17, 15) is 4.79 Å². The summed E-state index contributed by atoms with van der Waals surface area (Å²) in [7, 11) is 3.80. The Morgan fingerprint density at radius 1 is 1.06 bits per heavy atom. The van der Waals surface area contributed by atoms with Gasteiger partial charge in [0.25, 0.3) is 0 Å². The average Bonchev–Trinajstić information content (AvgIpc) is 3.58. The van der Waals surface area contributed by atoms with Crippen LogP contribution in [-0.2, 0) is 18.9 Å². The zero-order valence-corrected chi connectivity index (χ0v) is 19.5. The number of hydrogen-bond donors (Lipinski definition) is 1. The lowest BCUT2D eigenvalue weighted by atomic mass is 10.1. The fraction of sp³-hybridized carbons (Fsp3) is 0.320. The summed E-state index contributed by atoms with van der Waals surface area (Å²) < 4.78 is 3.56. The van der Waals surface area contributed by atoms with Crippen LogP contribution in [0.25, 0.3) is 33.8 Å². The zero-order chi connectivity index (χ0) is 23.5. The molecule has 1 amide bonds. The van der Waals surface area contributed by atoms with Crippen LogP contribution in [0.5, 0.6) is 0 Å². The van der Waals surface area contributed by atoms with Gasteiger partial charge in [-0.2, -0.15) is 10.2 Å². The third-order valence-electron chi connectivity index (χ3n) is 6.01. The monoisotopic (exact) mass is 456 g/mol. The van der Waals surface area contributed by atoms with Crippen molar-refractivity contribution in [3.05, 3.63) is 55.1 Å². The van der Waals surface area contributed by atoms with Gasteiger partial charge in [0.2, 0.25) is 5.91 Å². The molecule has 3 aromatic heterocycles. The van der Waals surface area contributed by atoms with Crippen molar-refractivity contribution in [2.24, 2.45) is 14.1 Å². The molecule has 0 atom stereocenters. The first-order chi connectivity index (χ1) is 16.6. The van der Waals surface area contributed by atoms with Crippen molar-refractivity contribution >= 4 is 11.7 Å². The van der Waals surface area contributed by atoms with Crippen molar-refractivity contribution in [3.63, 3.8) is 0 Å². The first-order valence-corrected chi connectivity index (χ1v) is 11.5. The predicted molar refractivity (Wildman–Crippen MR) is 131 cm³/mol. The predicted octanol–water partition coefficient (Wildman–Crippen LogP) is 3.37. The second-order valence-corrected chi connectivity index (χ2v) is 8.58. The highest BCUT2D eigenvalue weighted by atomic mass is 16.2. The molecule has 1 aromatic carbocycles. The van der Waals surface area contributed by atoms with Crippen molar-refractivity contribution in [3.8, 4) is 33.8 Å². The van der Waals surface area contributed by atoms with E-state index in [-0.39, 0.29) is 5.91 Å². The van der Waals surface area contributed by atoms with Crippen molar-refractivity contribution in [1.29, 1.82) is 0 Å². The number of aromatic nitrogens is 6. The van der Waals surface area contributed by atoms with Gasteiger partial charge < -0.3 is 10.2 Å². The molecule has 1 saturated heterocycles. The summed E-state index contributed by atoms with van der Waals surface area (Å²) in [6, 6.07) is 10.1. The van der Waals surface area contributed by atoms with Gasteiger partial charge in [-0.25, -0.2) is 9.97 Å². The van der Waals surface area contributed by atoms with Gasteiger partial charge >= 0.3 is 0 Å². The minimum atomic E-state index is 0.256. The van der Waals surface area contributed by atoms with Crippen LogP contribution in [0.2, 0.25) is 0 Å². The quantitative estimate of drug-likeness (QED) is 0.409. The Bertz CT molecular complexity index is 1310. The molecule has 1 aliphatic heterocycles. The molecule has 0 saturated carbocycles. The van der Waals surface area contributed by atoms with E-state index in [1.807, 2.05) is 62.0 Å². The van der Waals surface area contributed by atoms with Gasteiger partial charge in [-0.3, -0.25) is 14.2 Å². The maximum Gasteiger partial charge on any atom is 0.222 e. The van der Waals surface area contributed by atoms with Crippen molar-refractivity contribution in [2.75, 3.05) is 25.0 Å². The molecular formula is C25H28N8O. The molecule has 34 heavy (non-hydrogen) atoms. The maximum atomic E-state index is 11.9. The van der Waals surface area contributed by atoms with Crippen molar-refractivity contribution in [2.45, 2.75) is 19.3 Å². The van der Waals surface area contributed by atoms with Gasteiger partial charge in [-0.05, 0) is 30.5 Å². The van der Waals surface area contributed by atoms with Gasteiger partial charge in [0.15, 0.2) is 5.82 Å². The molecule has 0 unspecified atom stereocenters. The summed E-state index contributed by atoms with van der Waals surface area (Å²) in [5, 5.41) is 12.3. The lowest BCUT2D eigenvalue weighted by molar-refractivity contribution is -0.127. The Kier molecular flexibility index (Phi) is 6.07. The number of anilines is 1. The van der Waals surface area contributed by atoms with Crippen molar-refractivity contribution < 1.29 is 4.79 Å². The Morgan fingerprint density at radius 3 is 2.68 bits per heavy atom. The number of rotatable bonds is 8. The van der Waals surface area contributed by atoms with Crippen molar-refractivity contribution in [1.82, 2.24) is 34.4 Å². The van der Waals surface area contributed by atoms with E-state index < -0.39 is 0 Å². The number of carbonyl (C=O) groups excluding carboxylic acids is 1. The fourth-order valence-electron chi connectivity index (χ4n) is 4.23. The van der Waals surface area contributed by atoms with Crippen LogP contribution in [0.1, 0.15) is 19.3 Å². The average molecular weight is 457 g/mol. The molecule has 1 N–H and O–H groups in total. The van der Waals surface area contributed by atoms with E-state index in [4.69, 9.17) is 4.98 Å². The summed E-state index contributed by atoms with van der Waals surface area (Å²) in [5.41, 5.74) is 4.71. The lowest BCUT2D eigenvalue weighted by Gasteiger charge is -2.16. The molecule has 1 aliphatic rings. The maximum absolute atomic E-state index is 11.9. The lowest BCUT2D eigenvalue weighted by Crippen LogP contribution is -2.27. The first kappa shape index (κ1) is 21.8. The molecular weight excluding hydrogens is 428 g/mol. The van der Waals surface area contributed by atoms with E-state index in [2.05, 4.69) is 32.6 Å². The highest BCUT2D eigenvalue weighted by molar-refractivity contribution is 5.78. The molecule has 9 heteroatoms. The normalized spacial score (nSPS) is 13.6. The molecule has 0 radical (unpaired) electrons. The Labute approximate surface area is 198 Å². The Morgan fingerprint density at radius 2 is 1.94 bits per heavy atom. The third-order valence-corrected chi connectivity index (χ3v) is 6.01. The molecule has 0 spiro atoms. The number of nitrogens with zero attached hydrogens (tertiary/aromatic N) is 7. The van der Waals surface area contributed by atoms with Crippen LogP contribution in [0.15, 0.2) is 55.1 Å². The highest BCUT2D eigenvalue weighted by Crippen LogP contribution is 2.29. The summed E-state index contributed by atoms with van der Waals surface area (Å²) in [4.78, 5) is 23.4. The van der Waals surface area contributed by atoms with Crippen LogP contribution in [0.4, 0.5) is 5.82 Å². The largest absolute Gasteiger partial charge is 0.369 e. The molecule has 4 heterocycles. The van der Waals surface area contributed by atoms with Crippen LogP contribution in [0, 0.1) is 0 Å². The molecule has 0 aliphatic carbocycles. The van der Waals surface area contributed by atoms with Gasteiger partial charge in [0.1, 0.15) is 5.82 Å². The molecule has 9 nitrogen and oxygen atoms in total. The molecule has 1 fully saturated rings. The van der Waals surface area contributed by atoms with E-state index >= 15 is 0 Å². The molecule has 0 bridgehead atoms. The number of amides is 1. The van der Waals surface area contributed by atoms with Crippen LogP contribution in [0.3, 0.4) is 0 Å². The molecule has 5 rings (SSSR count). The topological polar surface area (TPSA) is 93.8 Å². The minimum absolute atomic E-state index is 0.256. The Balaban J connectivity index is 1.40. The second kappa shape index (κ2) is 9.46. The summed E-state index contributed by atoms with van der Waals surface area (Å²) in [6.07, 6.45) is 10.1. The van der Waals surface area contributed by atoms with Gasteiger partial charge in [-0.1, -0.05) is 18.2 Å².